The summed E-state index contributed by atoms with van der Waals surface area (Å²) in [6, 6.07) is 37.3. The van der Waals surface area contributed by atoms with E-state index in [1.807, 2.05) is 0 Å². The van der Waals surface area contributed by atoms with E-state index >= 15 is 0 Å². The van der Waals surface area contributed by atoms with E-state index in [2.05, 4.69) is 155 Å². The van der Waals surface area contributed by atoms with Crippen LogP contribution in [0.5, 0.6) is 0 Å². The largest absolute Gasteiger partial charge is 0.314 e. The molecule has 188 valence electrons. The number of fused-ring (bicyclic) bond motifs is 3. The molecule has 0 atom stereocenters. The predicted molar refractivity (Wildman–Crippen MR) is 166 cm³/mol. The smallest absolute Gasteiger partial charge is 0.0537 e. The molecule has 5 aromatic rings. The number of hydrogen-bond acceptors (Lipinski definition) is 1. The summed E-state index contributed by atoms with van der Waals surface area (Å²) in [7, 11) is 0. The SMILES string of the molecule is C1=CC=C(N(c2ccccc2)c2ccc(-c3ccc(-n4c5c(c6ccccc64)CCC=C5)cc3)cc2)CC=C1. The minimum absolute atomic E-state index is 0.887. The number of para-hydroxylation sites is 2. The lowest BCUT2D eigenvalue weighted by molar-refractivity contribution is 0.967. The lowest BCUT2D eigenvalue weighted by Crippen LogP contribution is -2.15. The molecule has 0 fully saturated rings. The summed E-state index contributed by atoms with van der Waals surface area (Å²) in [5.41, 5.74) is 11.3. The van der Waals surface area contributed by atoms with Gasteiger partial charge in [0.05, 0.1) is 5.52 Å². The number of aromatic nitrogens is 1. The number of allylic oxidation sites excluding steroid dienone is 6. The van der Waals surface area contributed by atoms with Crippen molar-refractivity contribution in [2.75, 3.05) is 4.90 Å². The van der Waals surface area contributed by atoms with E-state index in [-0.39, 0.29) is 0 Å². The van der Waals surface area contributed by atoms with Crippen LogP contribution in [0.4, 0.5) is 11.4 Å². The van der Waals surface area contributed by atoms with Gasteiger partial charge in [0.25, 0.3) is 0 Å². The molecule has 7 rings (SSSR count). The highest BCUT2D eigenvalue weighted by atomic mass is 15.1. The third-order valence-corrected chi connectivity index (χ3v) is 7.72. The van der Waals surface area contributed by atoms with Crippen molar-refractivity contribution in [2.45, 2.75) is 19.3 Å². The Morgan fingerprint density at radius 3 is 2.15 bits per heavy atom. The molecule has 0 radical (unpaired) electrons. The number of aryl methyl sites for hydroxylation is 1. The zero-order valence-electron chi connectivity index (χ0n) is 21.9. The molecule has 39 heavy (non-hydrogen) atoms. The van der Waals surface area contributed by atoms with Crippen LogP contribution in [0.3, 0.4) is 0 Å². The van der Waals surface area contributed by atoms with E-state index in [4.69, 9.17) is 0 Å². The fourth-order valence-corrected chi connectivity index (χ4v) is 5.86. The molecule has 2 nitrogen and oxygen atoms in total. The molecule has 2 heteroatoms. The lowest BCUT2D eigenvalue weighted by Gasteiger charge is -2.27. The van der Waals surface area contributed by atoms with Crippen molar-refractivity contribution in [3.05, 3.63) is 157 Å². The van der Waals surface area contributed by atoms with Gasteiger partial charge in [-0.05, 0) is 84.1 Å². The van der Waals surface area contributed by atoms with Crippen molar-refractivity contribution in [1.82, 2.24) is 4.57 Å². The van der Waals surface area contributed by atoms with Gasteiger partial charge in [-0.25, -0.2) is 0 Å². The van der Waals surface area contributed by atoms with Gasteiger partial charge in [-0.2, -0.15) is 0 Å². The van der Waals surface area contributed by atoms with E-state index < -0.39 is 0 Å². The first kappa shape index (κ1) is 23.3. The van der Waals surface area contributed by atoms with Gasteiger partial charge in [0.2, 0.25) is 0 Å². The predicted octanol–water partition coefficient (Wildman–Crippen LogP) is 9.79. The molecule has 0 saturated carbocycles. The van der Waals surface area contributed by atoms with E-state index in [1.165, 1.54) is 50.4 Å². The minimum Gasteiger partial charge on any atom is -0.314 e. The molecule has 2 aliphatic rings. The van der Waals surface area contributed by atoms with E-state index in [9.17, 15) is 0 Å². The summed E-state index contributed by atoms with van der Waals surface area (Å²) >= 11 is 0. The van der Waals surface area contributed by atoms with Crippen LogP contribution in [0.15, 0.2) is 145 Å². The van der Waals surface area contributed by atoms with Gasteiger partial charge in [0.15, 0.2) is 0 Å². The van der Waals surface area contributed by atoms with Crippen LogP contribution < -0.4 is 4.90 Å². The standard InChI is InChI=1S/C37H30N2/c1-2-5-13-30(12-4-1)38(31-14-6-3-7-15-31)32-24-20-28(21-25-32)29-22-26-33(27-23-29)39-36-18-10-8-16-34(36)35-17-9-11-19-37(35)39/h1-8,10-12,14-16,18-27H,9,13,17H2. The molecule has 0 unspecified atom stereocenters. The molecular formula is C37H30N2. The Morgan fingerprint density at radius 1 is 0.615 bits per heavy atom. The Balaban J connectivity index is 1.22. The first-order valence-corrected chi connectivity index (χ1v) is 13.7. The van der Waals surface area contributed by atoms with Gasteiger partial charge < -0.3 is 9.47 Å². The fourth-order valence-electron chi connectivity index (χ4n) is 5.86. The van der Waals surface area contributed by atoms with Crippen LogP contribution in [-0.4, -0.2) is 4.57 Å². The van der Waals surface area contributed by atoms with Crippen molar-refractivity contribution in [1.29, 1.82) is 0 Å². The van der Waals surface area contributed by atoms with Gasteiger partial charge in [-0.15, -0.1) is 0 Å². The van der Waals surface area contributed by atoms with Crippen LogP contribution >= 0.6 is 0 Å². The molecular weight excluding hydrogens is 472 g/mol. The Hall–Kier alpha value is -4.82. The van der Waals surface area contributed by atoms with Crippen molar-refractivity contribution in [3.63, 3.8) is 0 Å². The number of anilines is 2. The van der Waals surface area contributed by atoms with E-state index in [0.717, 1.165) is 24.9 Å². The van der Waals surface area contributed by atoms with E-state index in [1.54, 1.807) is 0 Å². The Kier molecular flexibility index (Phi) is 6.07. The van der Waals surface area contributed by atoms with Crippen molar-refractivity contribution in [2.24, 2.45) is 0 Å². The molecule has 0 amide bonds. The lowest BCUT2D eigenvalue weighted by atomic mass is 10.0. The number of nitrogens with zero attached hydrogens (tertiary/aromatic N) is 2. The van der Waals surface area contributed by atoms with Crippen LogP contribution in [0.25, 0.3) is 33.8 Å². The maximum atomic E-state index is 2.41. The van der Waals surface area contributed by atoms with Gasteiger partial charge in [-0.1, -0.05) is 91.0 Å². The normalized spacial score (nSPS) is 14.2. The Morgan fingerprint density at radius 2 is 1.33 bits per heavy atom. The summed E-state index contributed by atoms with van der Waals surface area (Å²) < 4.78 is 2.41. The molecule has 0 N–H and O–H groups in total. The first-order valence-electron chi connectivity index (χ1n) is 13.7. The molecule has 4 aromatic carbocycles. The maximum absolute atomic E-state index is 2.41. The summed E-state index contributed by atoms with van der Waals surface area (Å²) in [4.78, 5) is 2.35. The van der Waals surface area contributed by atoms with Gasteiger partial charge in [-0.3, -0.25) is 0 Å². The summed E-state index contributed by atoms with van der Waals surface area (Å²) in [5.74, 6) is 0. The molecule has 2 aliphatic carbocycles. The average molecular weight is 503 g/mol. The third kappa shape index (κ3) is 4.34. The third-order valence-electron chi connectivity index (χ3n) is 7.72. The van der Waals surface area contributed by atoms with Crippen molar-refractivity contribution < 1.29 is 0 Å². The van der Waals surface area contributed by atoms with Gasteiger partial charge in [0.1, 0.15) is 0 Å². The molecule has 0 bridgehead atoms. The molecule has 1 aromatic heterocycles. The molecule has 0 saturated heterocycles. The Bertz CT molecular complexity index is 1740. The second kappa shape index (κ2) is 10.2. The second-order valence-corrected chi connectivity index (χ2v) is 10.1. The van der Waals surface area contributed by atoms with Crippen LogP contribution in [-0.2, 0) is 6.42 Å². The highest BCUT2D eigenvalue weighted by molar-refractivity contribution is 5.90. The topological polar surface area (TPSA) is 8.17 Å². The highest BCUT2D eigenvalue weighted by Gasteiger charge is 2.18. The quantitative estimate of drug-likeness (QED) is 0.232. The summed E-state index contributed by atoms with van der Waals surface area (Å²) in [6.45, 7) is 0. The van der Waals surface area contributed by atoms with Gasteiger partial charge in [0, 0.05) is 40.3 Å². The molecule has 0 spiro atoms. The monoisotopic (exact) mass is 502 g/mol. The van der Waals surface area contributed by atoms with E-state index in [0.29, 0.717) is 0 Å². The van der Waals surface area contributed by atoms with Gasteiger partial charge >= 0.3 is 0 Å². The zero-order valence-corrected chi connectivity index (χ0v) is 21.9. The van der Waals surface area contributed by atoms with Crippen molar-refractivity contribution >= 4 is 28.4 Å². The Labute approximate surface area is 230 Å². The minimum atomic E-state index is 0.887. The maximum Gasteiger partial charge on any atom is 0.0537 e. The van der Waals surface area contributed by atoms with Crippen LogP contribution in [0.2, 0.25) is 0 Å². The van der Waals surface area contributed by atoms with Crippen LogP contribution in [0.1, 0.15) is 24.1 Å². The van der Waals surface area contributed by atoms with Crippen molar-refractivity contribution in [3.8, 4) is 16.8 Å². The second-order valence-electron chi connectivity index (χ2n) is 10.1. The highest BCUT2D eigenvalue weighted by Crippen LogP contribution is 2.36. The zero-order chi connectivity index (χ0) is 26.0. The van der Waals surface area contributed by atoms with Crippen LogP contribution in [0, 0.1) is 0 Å². The first-order chi connectivity index (χ1) is 19.4. The summed E-state index contributed by atoms with van der Waals surface area (Å²) in [6.07, 6.45) is 18.4. The fraction of sp³-hybridized carbons (Fsp3) is 0.0811. The number of benzene rings is 4. The molecule has 0 aliphatic heterocycles. The average Bonchev–Trinajstić information content (AvgIpc) is 3.12. The molecule has 1 heterocycles. The number of hydrogen-bond donors (Lipinski definition) is 0. The number of rotatable bonds is 5. The summed E-state index contributed by atoms with van der Waals surface area (Å²) in [5, 5.41) is 1.37.